The van der Waals surface area contributed by atoms with Crippen molar-refractivity contribution in [1.82, 2.24) is 5.32 Å². The first-order chi connectivity index (χ1) is 9.61. The van der Waals surface area contributed by atoms with Gasteiger partial charge in [-0.3, -0.25) is 4.79 Å². The molecule has 4 heteroatoms. The number of ether oxygens (including phenoxy) is 1. The second-order valence-electron chi connectivity index (χ2n) is 4.88. The van der Waals surface area contributed by atoms with Crippen molar-refractivity contribution < 1.29 is 13.9 Å². The Kier molecular flexibility index (Phi) is 4.45. The molecule has 4 nitrogen and oxygen atoms in total. The Morgan fingerprint density at radius 2 is 2.15 bits per heavy atom. The summed E-state index contributed by atoms with van der Waals surface area (Å²) in [7, 11) is 1.56. The molecule has 0 spiro atoms. The number of furan rings is 1. The maximum Gasteiger partial charge on any atom is 0.255 e. The molecule has 1 heterocycles. The summed E-state index contributed by atoms with van der Waals surface area (Å²) in [5.74, 6) is 1.49. The Labute approximate surface area is 118 Å². The fourth-order valence-electron chi connectivity index (χ4n) is 1.94. The molecule has 0 radical (unpaired) electrons. The van der Waals surface area contributed by atoms with E-state index in [4.69, 9.17) is 9.15 Å². The number of amides is 1. The van der Waals surface area contributed by atoms with Crippen molar-refractivity contribution in [3.63, 3.8) is 0 Å². The van der Waals surface area contributed by atoms with Crippen LogP contribution in [0.2, 0.25) is 0 Å². The molecule has 0 fully saturated rings. The van der Waals surface area contributed by atoms with Gasteiger partial charge < -0.3 is 14.5 Å². The molecule has 0 saturated heterocycles. The molecule has 106 valence electrons. The lowest BCUT2D eigenvalue weighted by Crippen LogP contribution is -2.23. The average molecular weight is 273 g/mol. The van der Waals surface area contributed by atoms with Gasteiger partial charge in [-0.05, 0) is 35.7 Å². The van der Waals surface area contributed by atoms with Gasteiger partial charge in [0.2, 0.25) is 0 Å². The van der Waals surface area contributed by atoms with Crippen molar-refractivity contribution in [3.05, 3.63) is 53.5 Å². The fourth-order valence-corrected chi connectivity index (χ4v) is 1.94. The van der Waals surface area contributed by atoms with E-state index in [-0.39, 0.29) is 5.91 Å². The standard InChI is InChI=1S/C16H19NO3/c1-11(2)12-6-7-15(19-3)14(9-12)16(18)17-10-13-5-4-8-20-13/h4-9,11H,10H2,1-3H3,(H,17,18). The van der Waals surface area contributed by atoms with Gasteiger partial charge in [0.1, 0.15) is 11.5 Å². The maximum absolute atomic E-state index is 12.3. The summed E-state index contributed by atoms with van der Waals surface area (Å²) in [6.07, 6.45) is 1.58. The Morgan fingerprint density at radius 3 is 2.75 bits per heavy atom. The Hall–Kier alpha value is -2.23. The van der Waals surface area contributed by atoms with Crippen LogP contribution in [-0.2, 0) is 6.54 Å². The molecule has 0 unspecified atom stereocenters. The third-order valence-electron chi connectivity index (χ3n) is 3.14. The Morgan fingerprint density at radius 1 is 1.35 bits per heavy atom. The highest BCUT2D eigenvalue weighted by Crippen LogP contribution is 2.24. The second kappa shape index (κ2) is 6.28. The Bertz CT molecular complexity index is 573. The average Bonchev–Trinajstić information content (AvgIpc) is 2.97. The van der Waals surface area contributed by atoms with Gasteiger partial charge in [-0.1, -0.05) is 19.9 Å². The zero-order chi connectivity index (χ0) is 14.5. The fraction of sp³-hybridized carbons (Fsp3) is 0.312. The van der Waals surface area contributed by atoms with E-state index in [1.54, 1.807) is 19.4 Å². The molecule has 2 rings (SSSR count). The monoisotopic (exact) mass is 273 g/mol. The summed E-state index contributed by atoms with van der Waals surface area (Å²) in [6.45, 7) is 4.54. The molecule has 1 N–H and O–H groups in total. The molecule has 0 bridgehead atoms. The lowest BCUT2D eigenvalue weighted by Gasteiger charge is -2.12. The molecule has 2 aromatic rings. The minimum Gasteiger partial charge on any atom is -0.496 e. The topological polar surface area (TPSA) is 51.5 Å². The summed E-state index contributed by atoms with van der Waals surface area (Å²) in [4.78, 5) is 12.3. The highest BCUT2D eigenvalue weighted by atomic mass is 16.5. The number of methoxy groups -OCH3 is 1. The quantitative estimate of drug-likeness (QED) is 0.909. The number of carbonyl (C=O) groups is 1. The van der Waals surface area contributed by atoms with Gasteiger partial charge in [0, 0.05) is 0 Å². The van der Waals surface area contributed by atoms with Crippen LogP contribution in [0.3, 0.4) is 0 Å². The van der Waals surface area contributed by atoms with E-state index in [0.717, 1.165) is 11.3 Å². The lowest BCUT2D eigenvalue weighted by atomic mass is 10.00. The van der Waals surface area contributed by atoms with Crippen LogP contribution in [0, 0.1) is 0 Å². The summed E-state index contributed by atoms with van der Waals surface area (Å²) in [5, 5.41) is 2.83. The van der Waals surface area contributed by atoms with Gasteiger partial charge in [-0.2, -0.15) is 0 Å². The van der Waals surface area contributed by atoms with Crippen molar-refractivity contribution in [3.8, 4) is 5.75 Å². The van der Waals surface area contributed by atoms with E-state index in [2.05, 4.69) is 19.2 Å². The van der Waals surface area contributed by atoms with Gasteiger partial charge in [-0.15, -0.1) is 0 Å². The molecule has 0 aliphatic carbocycles. The predicted octanol–water partition coefficient (Wildman–Crippen LogP) is 3.34. The summed E-state index contributed by atoms with van der Waals surface area (Å²) in [6, 6.07) is 9.30. The molecule has 20 heavy (non-hydrogen) atoms. The summed E-state index contributed by atoms with van der Waals surface area (Å²) >= 11 is 0. The van der Waals surface area contributed by atoms with Crippen LogP contribution in [0.15, 0.2) is 41.0 Å². The van der Waals surface area contributed by atoms with Crippen LogP contribution in [0.4, 0.5) is 0 Å². The van der Waals surface area contributed by atoms with Crippen molar-refractivity contribution in [2.75, 3.05) is 7.11 Å². The molecular formula is C16H19NO3. The lowest BCUT2D eigenvalue weighted by molar-refractivity contribution is 0.0945. The van der Waals surface area contributed by atoms with Crippen LogP contribution in [0.5, 0.6) is 5.75 Å². The third kappa shape index (κ3) is 3.20. The van der Waals surface area contributed by atoms with Crippen LogP contribution in [0.1, 0.15) is 41.4 Å². The predicted molar refractivity (Wildman–Crippen MR) is 77.0 cm³/mol. The number of hydrogen-bond donors (Lipinski definition) is 1. The molecule has 0 atom stereocenters. The minimum atomic E-state index is -0.166. The van der Waals surface area contributed by atoms with Gasteiger partial charge in [0.25, 0.3) is 5.91 Å². The van der Waals surface area contributed by atoms with Crippen molar-refractivity contribution in [2.24, 2.45) is 0 Å². The minimum absolute atomic E-state index is 0.166. The highest BCUT2D eigenvalue weighted by molar-refractivity contribution is 5.97. The van der Waals surface area contributed by atoms with Crippen molar-refractivity contribution in [1.29, 1.82) is 0 Å². The van der Waals surface area contributed by atoms with Gasteiger partial charge in [0.05, 0.1) is 25.5 Å². The number of rotatable bonds is 5. The molecule has 0 aliphatic heterocycles. The number of nitrogens with one attached hydrogen (secondary N) is 1. The Balaban J connectivity index is 2.16. The first kappa shape index (κ1) is 14.2. The van der Waals surface area contributed by atoms with Crippen LogP contribution in [-0.4, -0.2) is 13.0 Å². The molecule has 1 aromatic heterocycles. The molecule has 0 saturated carbocycles. The van der Waals surface area contributed by atoms with E-state index < -0.39 is 0 Å². The van der Waals surface area contributed by atoms with Crippen molar-refractivity contribution in [2.45, 2.75) is 26.3 Å². The number of hydrogen-bond acceptors (Lipinski definition) is 3. The smallest absolute Gasteiger partial charge is 0.255 e. The molecular weight excluding hydrogens is 254 g/mol. The zero-order valence-electron chi connectivity index (χ0n) is 12.0. The van der Waals surface area contributed by atoms with E-state index in [9.17, 15) is 4.79 Å². The van der Waals surface area contributed by atoms with Crippen LogP contribution < -0.4 is 10.1 Å². The van der Waals surface area contributed by atoms with E-state index >= 15 is 0 Å². The largest absolute Gasteiger partial charge is 0.496 e. The zero-order valence-corrected chi connectivity index (χ0v) is 12.0. The third-order valence-corrected chi connectivity index (χ3v) is 3.14. The number of carbonyl (C=O) groups excluding carboxylic acids is 1. The van der Waals surface area contributed by atoms with E-state index in [0.29, 0.717) is 23.8 Å². The highest BCUT2D eigenvalue weighted by Gasteiger charge is 2.14. The van der Waals surface area contributed by atoms with Crippen LogP contribution in [0.25, 0.3) is 0 Å². The van der Waals surface area contributed by atoms with E-state index in [1.807, 2.05) is 24.3 Å². The van der Waals surface area contributed by atoms with Gasteiger partial charge in [-0.25, -0.2) is 0 Å². The first-order valence-electron chi connectivity index (χ1n) is 6.60. The SMILES string of the molecule is COc1ccc(C(C)C)cc1C(=O)NCc1ccco1. The normalized spacial score (nSPS) is 10.6. The maximum atomic E-state index is 12.3. The molecule has 0 aliphatic rings. The first-order valence-corrected chi connectivity index (χ1v) is 6.60. The van der Waals surface area contributed by atoms with E-state index in [1.165, 1.54) is 0 Å². The summed E-state index contributed by atoms with van der Waals surface area (Å²) in [5.41, 5.74) is 1.65. The second-order valence-corrected chi connectivity index (χ2v) is 4.88. The summed E-state index contributed by atoms with van der Waals surface area (Å²) < 4.78 is 10.4. The van der Waals surface area contributed by atoms with Gasteiger partial charge >= 0.3 is 0 Å². The molecule has 1 amide bonds. The van der Waals surface area contributed by atoms with Crippen LogP contribution >= 0.6 is 0 Å². The van der Waals surface area contributed by atoms with Crippen molar-refractivity contribution >= 4 is 5.91 Å². The number of benzene rings is 1. The molecule has 1 aromatic carbocycles. The van der Waals surface area contributed by atoms with Gasteiger partial charge in [0.15, 0.2) is 0 Å².